The summed E-state index contributed by atoms with van der Waals surface area (Å²) in [6.45, 7) is 4.37. The number of rotatable bonds is 50. The minimum atomic E-state index is -0.652. The molecule has 0 fully saturated rings. The van der Waals surface area contributed by atoms with E-state index in [1.165, 1.54) is 263 Å². The Kier molecular flexibility index (Phi) is 49.2. The number of hydrogen-bond donors (Lipinski definition) is 3. The van der Waals surface area contributed by atoms with Crippen LogP contribution in [-0.2, 0) is 4.79 Å². The van der Waals surface area contributed by atoms with Crippen molar-refractivity contribution in [2.45, 2.75) is 328 Å². The maximum absolute atomic E-state index is 12.4. The van der Waals surface area contributed by atoms with Crippen molar-refractivity contribution in [3.8, 4) is 0 Å². The van der Waals surface area contributed by atoms with Crippen molar-refractivity contribution < 1.29 is 15.0 Å². The van der Waals surface area contributed by atoms with Crippen molar-refractivity contribution in [2.24, 2.45) is 0 Å². The van der Waals surface area contributed by atoms with Crippen LogP contribution < -0.4 is 5.32 Å². The van der Waals surface area contributed by atoms with E-state index in [4.69, 9.17) is 0 Å². The maximum Gasteiger partial charge on any atom is 0.220 e. The van der Waals surface area contributed by atoms with Crippen molar-refractivity contribution in [1.82, 2.24) is 5.32 Å². The smallest absolute Gasteiger partial charge is 0.220 e. The zero-order chi connectivity index (χ0) is 41.4. The first-order valence-electron chi connectivity index (χ1n) is 26.7. The summed E-state index contributed by atoms with van der Waals surface area (Å²) in [5, 5.41) is 23.1. The highest BCUT2D eigenvalue weighted by atomic mass is 16.3. The Balaban J connectivity index is 3.29. The van der Waals surface area contributed by atoms with E-state index < -0.39 is 12.1 Å². The van der Waals surface area contributed by atoms with Gasteiger partial charge in [0.05, 0.1) is 18.8 Å². The summed E-state index contributed by atoms with van der Waals surface area (Å²) in [6.07, 6.45) is 62.5. The van der Waals surface area contributed by atoms with E-state index in [-0.39, 0.29) is 12.5 Å². The topological polar surface area (TPSA) is 69.6 Å². The van der Waals surface area contributed by atoms with E-state index in [9.17, 15) is 15.0 Å². The monoisotopic (exact) mass is 806 g/mol. The first-order valence-corrected chi connectivity index (χ1v) is 26.7. The fourth-order valence-corrected chi connectivity index (χ4v) is 8.78. The Morgan fingerprint density at radius 3 is 0.789 bits per heavy atom. The highest BCUT2D eigenvalue weighted by Crippen LogP contribution is 2.18. The summed E-state index contributed by atoms with van der Waals surface area (Å²) in [4.78, 5) is 12.4. The SMILES string of the molecule is CCCCCCCCCCCCCCCCCCCCCCCCCCCCCCCCCCCCCCC(=O)NC(CO)C(O)CCCCCCCCCCC. The number of amides is 1. The van der Waals surface area contributed by atoms with E-state index in [0.29, 0.717) is 12.8 Å². The van der Waals surface area contributed by atoms with Crippen LogP contribution in [-0.4, -0.2) is 34.9 Å². The molecule has 0 bridgehead atoms. The number of unbranched alkanes of at least 4 members (excludes halogenated alkanes) is 43. The molecule has 0 saturated heterocycles. The molecule has 2 unspecified atom stereocenters. The molecule has 0 spiro atoms. The molecular formula is C53H107NO3. The minimum absolute atomic E-state index is 0.0265. The van der Waals surface area contributed by atoms with Gasteiger partial charge in [-0.15, -0.1) is 0 Å². The van der Waals surface area contributed by atoms with Gasteiger partial charge in [0.1, 0.15) is 0 Å². The number of nitrogens with one attached hydrogen (secondary N) is 1. The van der Waals surface area contributed by atoms with Gasteiger partial charge in [-0.25, -0.2) is 0 Å². The van der Waals surface area contributed by atoms with E-state index >= 15 is 0 Å². The molecule has 4 heteroatoms. The molecule has 0 aliphatic carbocycles. The summed E-state index contributed by atoms with van der Waals surface area (Å²) in [5.41, 5.74) is 0. The van der Waals surface area contributed by atoms with Gasteiger partial charge in [0, 0.05) is 6.42 Å². The lowest BCUT2D eigenvalue weighted by atomic mass is 10.0. The molecule has 0 aromatic carbocycles. The van der Waals surface area contributed by atoms with Crippen LogP contribution in [0.1, 0.15) is 316 Å². The lowest BCUT2D eigenvalue weighted by Crippen LogP contribution is -2.45. The van der Waals surface area contributed by atoms with Crippen LogP contribution in [0.15, 0.2) is 0 Å². The van der Waals surface area contributed by atoms with Crippen LogP contribution in [0, 0.1) is 0 Å². The average molecular weight is 806 g/mol. The number of carbonyl (C=O) groups is 1. The fraction of sp³-hybridized carbons (Fsp3) is 0.981. The molecule has 0 rings (SSSR count). The first kappa shape index (κ1) is 56.4. The Morgan fingerprint density at radius 2 is 0.561 bits per heavy atom. The van der Waals surface area contributed by atoms with Crippen molar-refractivity contribution in [2.75, 3.05) is 6.61 Å². The van der Waals surface area contributed by atoms with Crippen LogP contribution in [0.4, 0.5) is 0 Å². The lowest BCUT2D eigenvalue weighted by molar-refractivity contribution is -0.123. The molecule has 0 radical (unpaired) electrons. The normalized spacial score (nSPS) is 12.7. The molecule has 0 saturated carbocycles. The van der Waals surface area contributed by atoms with Gasteiger partial charge < -0.3 is 15.5 Å². The number of aliphatic hydroxyl groups excluding tert-OH is 2. The summed E-state index contributed by atoms with van der Waals surface area (Å²) >= 11 is 0. The van der Waals surface area contributed by atoms with E-state index in [1.54, 1.807) is 0 Å². The zero-order valence-electron chi connectivity index (χ0n) is 39.4. The van der Waals surface area contributed by atoms with Gasteiger partial charge in [-0.1, -0.05) is 296 Å². The maximum atomic E-state index is 12.4. The molecule has 0 aromatic rings. The third-order valence-electron chi connectivity index (χ3n) is 12.9. The van der Waals surface area contributed by atoms with Crippen molar-refractivity contribution in [1.29, 1.82) is 0 Å². The molecule has 0 heterocycles. The van der Waals surface area contributed by atoms with Gasteiger partial charge in [0.25, 0.3) is 0 Å². The predicted molar refractivity (Wildman–Crippen MR) is 253 cm³/mol. The summed E-state index contributed by atoms with van der Waals surface area (Å²) in [6, 6.07) is -0.528. The molecule has 4 nitrogen and oxygen atoms in total. The molecule has 1 amide bonds. The Bertz CT molecular complexity index is 744. The van der Waals surface area contributed by atoms with E-state index in [0.717, 1.165) is 25.7 Å². The van der Waals surface area contributed by atoms with Crippen LogP contribution in [0.3, 0.4) is 0 Å². The third kappa shape index (κ3) is 46.3. The molecule has 57 heavy (non-hydrogen) atoms. The minimum Gasteiger partial charge on any atom is -0.394 e. The van der Waals surface area contributed by atoms with Gasteiger partial charge in [-0.2, -0.15) is 0 Å². The largest absolute Gasteiger partial charge is 0.394 e. The van der Waals surface area contributed by atoms with Crippen LogP contribution >= 0.6 is 0 Å². The molecule has 0 aromatic heterocycles. The molecule has 2 atom stereocenters. The third-order valence-corrected chi connectivity index (χ3v) is 12.9. The Morgan fingerprint density at radius 1 is 0.351 bits per heavy atom. The number of aliphatic hydroxyl groups is 2. The van der Waals surface area contributed by atoms with Crippen molar-refractivity contribution >= 4 is 5.91 Å². The molecular weight excluding hydrogens is 699 g/mol. The van der Waals surface area contributed by atoms with Gasteiger partial charge in [0.15, 0.2) is 0 Å². The van der Waals surface area contributed by atoms with E-state index in [2.05, 4.69) is 19.2 Å². The highest BCUT2D eigenvalue weighted by Gasteiger charge is 2.20. The summed E-state index contributed by atoms with van der Waals surface area (Å²) < 4.78 is 0. The summed E-state index contributed by atoms with van der Waals surface area (Å²) in [5.74, 6) is -0.0265. The number of hydrogen-bond acceptors (Lipinski definition) is 3. The van der Waals surface area contributed by atoms with Crippen molar-refractivity contribution in [3.05, 3.63) is 0 Å². The second-order valence-corrected chi connectivity index (χ2v) is 18.7. The van der Waals surface area contributed by atoms with Gasteiger partial charge in [0.2, 0.25) is 5.91 Å². The Labute approximate surface area is 359 Å². The molecule has 3 N–H and O–H groups in total. The molecule has 0 aliphatic rings. The second-order valence-electron chi connectivity index (χ2n) is 18.7. The standard InChI is InChI=1S/C53H107NO3/c1-3-5-7-9-11-13-14-15-16-17-18-19-20-21-22-23-24-25-26-27-28-29-30-31-32-33-34-35-36-37-38-39-41-43-45-47-49-53(57)54-51(50-55)52(56)48-46-44-42-40-12-10-8-6-4-2/h51-52,55-56H,3-50H2,1-2H3,(H,54,57). The quantitative estimate of drug-likeness (QED) is 0.0536. The average Bonchev–Trinajstić information content (AvgIpc) is 3.22. The molecule has 342 valence electrons. The second kappa shape index (κ2) is 49.8. The number of carbonyl (C=O) groups excluding carboxylic acids is 1. The van der Waals surface area contributed by atoms with Crippen LogP contribution in [0.2, 0.25) is 0 Å². The fourth-order valence-electron chi connectivity index (χ4n) is 8.78. The predicted octanol–water partition coefficient (Wildman–Crippen LogP) is 17.2. The van der Waals surface area contributed by atoms with Gasteiger partial charge in [-0.3, -0.25) is 4.79 Å². The zero-order valence-corrected chi connectivity index (χ0v) is 39.4. The first-order chi connectivity index (χ1) is 28.2. The summed E-state index contributed by atoms with van der Waals surface area (Å²) in [7, 11) is 0. The highest BCUT2D eigenvalue weighted by molar-refractivity contribution is 5.76. The van der Waals surface area contributed by atoms with Gasteiger partial charge in [-0.05, 0) is 12.8 Å². The van der Waals surface area contributed by atoms with Crippen LogP contribution in [0.25, 0.3) is 0 Å². The lowest BCUT2D eigenvalue weighted by Gasteiger charge is -2.22. The van der Waals surface area contributed by atoms with E-state index in [1.807, 2.05) is 0 Å². The van der Waals surface area contributed by atoms with Crippen LogP contribution in [0.5, 0.6) is 0 Å². The van der Waals surface area contributed by atoms with Crippen molar-refractivity contribution in [3.63, 3.8) is 0 Å². The Hall–Kier alpha value is -0.610. The molecule has 0 aliphatic heterocycles. The van der Waals surface area contributed by atoms with Gasteiger partial charge >= 0.3 is 0 Å².